The standard InChI is InChI=1S/C27H33BrO3/c1-8-31-24(30)20-13-12-19(17-10-9-11-18(28)14-17)27(20)15-21(25(2,3)4)23(29)22(16-27)26(5,6)7/h9-16,19-20H,8H2,1-7H3/t19-,20+/m0/s1. The first-order chi connectivity index (χ1) is 14.3. The van der Waals surface area contributed by atoms with Gasteiger partial charge in [0, 0.05) is 27.0 Å². The van der Waals surface area contributed by atoms with E-state index in [9.17, 15) is 9.59 Å². The number of halogens is 1. The Morgan fingerprint density at radius 1 is 1.03 bits per heavy atom. The Morgan fingerprint density at radius 2 is 1.61 bits per heavy atom. The first-order valence-corrected chi connectivity index (χ1v) is 11.7. The Bertz CT molecular complexity index is 948. The van der Waals surface area contributed by atoms with Crippen LogP contribution in [0.2, 0.25) is 0 Å². The fraction of sp³-hybridized carbons (Fsp3) is 0.481. The van der Waals surface area contributed by atoms with Crippen molar-refractivity contribution < 1.29 is 14.3 Å². The molecule has 0 aromatic heterocycles. The van der Waals surface area contributed by atoms with Crippen molar-refractivity contribution in [2.24, 2.45) is 22.2 Å². The third-order valence-corrected chi connectivity index (χ3v) is 6.71. The molecule has 2 aliphatic carbocycles. The van der Waals surface area contributed by atoms with Crippen LogP contribution in [0.3, 0.4) is 0 Å². The molecule has 0 saturated heterocycles. The van der Waals surface area contributed by atoms with Gasteiger partial charge in [-0.1, -0.05) is 93.9 Å². The maximum absolute atomic E-state index is 13.6. The number of ketones is 1. The van der Waals surface area contributed by atoms with E-state index in [1.807, 2.05) is 25.1 Å². The van der Waals surface area contributed by atoms with Gasteiger partial charge in [-0.15, -0.1) is 0 Å². The number of benzene rings is 1. The number of ether oxygens (including phenoxy) is 1. The van der Waals surface area contributed by atoms with Crippen molar-refractivity contribution in [1.82, 2.24) is 0 Å². The molecule has 3 nitrogen and oxygen atoms in total. The van der Waals surface area contributed by atoms with Crippen LogP contribution in [-0.4, -0.2) is 18.4 Å². The molecule has 0 fully saturated rings. The molecule has 0 bridgehead atoms. The van der Waals surface area contributed by atoms with Crippen LogP contribution in [0.15, 0.2) is 64.2 Å². The fourth-order valence-electron chi connectivity index (χ4n) is 4.65. The lowest BCUT2D eigenvalue weighted by Crippen LogP contribution is -2.41. The largest absolute Gasteiger partial charge is 0.466 e. The van der Waals surface area contributed by atoms with Gasteiger partial charge in [-0.3, -0.25) is 9.59 Å². The summed E-state index contributed by atoms with van der Waals surface area (Å²) in [5, 5.41) is 0. The zero-order chi connectivity index (χ0) is 23.2. The van der Waals surface area contributed by atoms with E-state index < -0.39 is 11.3 Å². The molecule has 166 valence electrons. The summed E-state index contributed by atoms with van der Waals surface area (Å²) in [7, 11) is 0. The second-order valence-corrected chi connectivity index (χ2v) is 11.5. The molecule has 3 rings (SSSR count). The summed E-state index contributed by atoms with van der Waals surface area (Å²) in [6.07, 6.45) is 8.20. The van der Waals surface area contributed by atoms with E-state index in [2.05, 4.69) is 87.8 Å². The van der Waals surface area contributed by atoms with Crippen molar-refractivity contribution in [3.8, 4) is 0 Å². The van der Waals surface area contributed by atoms with Gasteiger partial charge < -0.3 is 4.74 Å². The topological polar surface area (TPSA) is 43.4 Å². The van der Waals surface area contributed by atoms with Crippen molar-refractivity contribution in [2.45, 2.75) is 54.4 Å². The predicted molar refractivity (Wildman–Crippen MR) is 129 cm³/mol. The van der Waals surface area contributed by atoms with Crippen LogP contribution >= 0.6 is 15.9 Å². The minimum Gasteiger partial charge on any atom is -0.466 e. The van der Waals surface area contributed by atoms with Gasteiger partial charge in [-0.25, -0.2) is 0 Å². The molecule has 2 atom stereocenters. The minimum absolute atomic E-state index is 0.0770. The highest BCUT2D eigenvalue weighted by molar-refractivity contribution is 9.10. The van der Waals surface area contributed by atoms with Crippen molar-refractivity contribution >= 4 is 27.7 Å². The maximum Gasteiger partial charge on any atom is 0.314 e. The summed E-state index contributed by atoms with van der Waals surface area (Å²) in [5.41, 5.74) is 1.24. The third kappa shape index (κ3) is 4.37. The number of esters is 1. The summed E-state index contributed by atoms with van der Waals surface area (Å²) in [6.45, 7) is 14.5. The Morgan fingerprint density at radius 3 is 2.10 bits per heavy atom. The van der Waals surface area contributed by atoms with E-state index in [0.717, 1.165) is 21.2 Å². The number of hydrogen-bond donors (Lipinski definition) is 0. The van der Waals surface area contributed by atoms with Crippen LogP contribution in [0.1, 0.15) is 59.9 Å². The van der Waals surface area contributed by atoms with E-state index in [1.54, 1.807) is 0 Å². The first kappa shape index (κ1) is 23.7. The zero-order valence-corrected chi connectivity index (χ0v) is 21.2. The average molecular weight is 485 g/mol. The second kappa shape index (κ2) is 8.20. The molecule has 4 heteroatoms. The zero-order valence-electron chi connectivity index (χ0n) is 19.6. The second-order valence-electron chi connectivity index (χ2n) is 10.6. The van der Waals surface area contributed by atoms with E-state index in [0.29, 0.717) is 6.61 Å². The van der Waals surface area contributed by atoms with Crippen LogP contribution in [0, 0.1) is 22.2 Å². The maximum atomic E-state index is 13.6. The van der Waals surface area contributed by atoms with Gasteiger partial charge in [0.15, 0.2) is 5.78 Å². The van der Waals surface area contributed by atoms with E-state index in [-0.39, 0.29) is 28.5 Å². The van der Waals surface area contributed by atoms with Crippen LogP contribution in [0.4, 0.5) is 0 Å². The van der Waals surface area contributed by atoms with Gasteiger partial charge in [-0.2, -0.15) is 0 Å². The SMILES string of the molecule is CCOC(=O)[C@H]1C=C[C@@H](c2cccc(Br)c2)C12C=C(C(C)(C)C)C(=O)C(C(C)(C)C)=C2. The van der Waals surface area contributed by atoms with Gasteiger partial charge in [0.1, 0.15) is 0 Å². The Hall–Kier alpha value is -1.94. The number of carbonyl (C=O) groups excluding carboxylic acids is 2. The summed E-state index contributed by atoms with van der Waals surface area (Å²) >= 11 is 3.59. The molecule has 0 unspecified atom stereocenters. The van der Waals surface area contributed by atoms with Crippen molar-refractivity contribution in [2.75, 3.05) is 6.61 Å². The van der Waals surface area contributed by atoms with E-state index in [1.165, 1.54) is 0 Å². The lowest BCUT2D eigenvalue weighted by molar-refractivity contribution is -0.148. The molecule has 0 aliphatic heterocycles. The monoisotopic (exact) mass is 484 g/mol. The molecular weight excluding hydrogens is 452 g/mol. The Kier molecular flexibility index (Phi) is 6.27. The summed E-state index contributed by atoms with van der Waals surface area (Å²) in [4.78, 5) is 26.7. The highest BCUT2D eigenvalue weighted by atomic mass is 79.9. The smallest absolute Gasteiger partial charge is 0.314 e. The molecule has 1 aromatic rings. The molecule has 1 aromatic carbocycles. The molecular formula is C27H33BrO3. The lowest BCUT2D eigenvalue weighted by atomic mass is 9.59. The Labute approximate surface area is 194 Å². The number of carbonyl (C=O) groups is 2. The van der Waals surface area contributed by atoms with Gasteiger partial charge >= 0.3 is 5.97 Å². The highest BCUT2D eigenvalue weighted by Gasteiger charge is 2.53. The quantitative estimate of drug-likeness (QED) is 0.350. The highest BCUT2D eigenvalue weighted by Crippen LogP contribution is 2.57. The van der Waals surface area contributed by atoms with Gasteiger partial charge in [0.05, 0.1) is 12.5 Å². The number of Topliss-reactive ketones (excluding diaryl/α,β-unsaturated/α-hetero) is 1. The van der Waals surface area contributed by atoms with Gasteiger partial charge in [-0.05, 0) is 35.4 Å². The van der Waals surface area contributed by atoms with Crippen molar-refractivity contribution in [1.29, 1.82) is 0 Å². The molecule has 0 heterocycles. The van der Waals surface area contributed by atoms with Crippen molar-refractivity contribution in [3.05, 3.63) is 69.8 Å². The van der Waals surface area contributed by atoms with Crippen LogP contribution < -0.4 is 0 Å². The predicted octanol–water partition coefficient (Wildman–Crippen LogP) is 6.80. The molecule has 0 N–H and O–H groups in total. The summed E-state index contributed by atoms with van der Waals surface area (Å²) in [5.74, 6) is -0.742. The summed E-state index contributed by atoms with van der Waals surface area (Å²) in [6, 6.07) is 8.18. The molecule has 1 spiro atoms. The minimum atomic E-state index is -0.688. The van der Waals surface area contributed by atoms with Gasteiger partial charge in [0.25, 0.3) is 0 Å². The lowest BCUT2D eigenvalue weighted by Gasteiger charge is -2.43. The van der Waals surface area contributed by atoms with Crippen molar-refractivity contribution in [3.63, 3.8) is 0 Å². The van der Waals surface area contributed by atoms with E-state index >= 15 is 0 Å². The summed E-state index contributed by atoms with van der Waals surface area (Å²) < 4.78 is 6.47. The van der Waals surface area contributed by atoms with Crippen LogP contribution in [0.5, 0.6) is 0 Å². The molecule has 0 radical (unpaired) electrons. The van der Waals surface area contributed by atoms with Crippen LogP contribution in [0.25, 0.3) is 0 Å². The van der Waals surface area contributed by atoms with E-state index in [4.69, 9.17) is 4.74 Å². The average Bonchev–Trinajstić information content (AvgIpc) is 3.00. The number of hydrogen-bond acceptors (Lipinski definition) is 3. The van der Waals surface area contributed by atoms with Gasteiger partial charge in [0.2, 0.25) is 0 Å². The first-order valence-electron chi connectivity index (χ1n) is 10.9. The fourth-order valence-corrected chi connectivity index (χ4v) is 5.07. The third-order valence-electron chi connectivity index (χ3n) is 6.22. The normalized spacial score (nSPS) is 23.0. The molecule has 0 amide bonds. The molecule has 31 heavy (non-hydrogen) atoms. The molecule has 0 saturated carbocycles. The van der Waals surface area contributed by atoms with Crippen LogP contribution in [-0.2, 0) is 14.3 Å². The number of rotatable bonds is 3. The molecule has 2 aliphatic rings. The Balaban J connectivity index is 2.33. The number of allylic oxidation sites excluding steroid dienone is 5.